The lowest BCUT2D eigenvalue weighted by Crippen LogP contribution is -2.13. The van der Waals surface area contributed by atoms with Crippen molar-refractivity contribution in [2.24, 2.45) is 0 Å². The standard InChI is InChI=1S/C29H27FN2O5/c1-4-35-27(33)15-20-9-11-21(12-10-20)26-14-13-22(17-31-26)29-24(18(2)32-37-29)16-28(34)36-19(3)23-7-5-6-8-25(23)30/h5-14,17,19H,4,15-16H2,1-3H3. The molecule has 0 spiro atoms. The highest BCUT2D eigenvalue weighted by Crippen LogP contribution is 2.29. The van der Waals surface area contributed by atoms with Crippen LogP contribution in [0.1, 0.15) is 42.3 Å². The molecule has 2 aromatic carbocycles. The van der Waals surface area contributed by atoms with Gasteiger partial charge in [-0.1, -0.05) is 47.6 Å². The minimum Gasteiger partial charge on any atom is -0.466 e. The van der Waals surface area contributed by atoms with Gasteiger partial charge in [-0.2, -0.15) is 0 Å². The number of benzene rings is 2. The summed E-state index contributed by atoms with van der Waals surface area (Å²) in [6.45, 7) is 5.51. The van der Waals surface area contributed by atoms with Gasteiger partial charge in [0.1, 0.15) is 11.9 Å². The summed E-state index contributed by atoms with van der Waals surface area (Å²) < 4.78 is 30.0. The fourth-order valence-electron chi connectivity index (χ4n) is 3.95. The van der Waals surface area contributed by atoms with Gasteiger partial charge in [0.15, 0.2) is 5.76 Å². The maximum absolute atomic E-state index is 14.0. The molecule has 0 amide bonds. The zero-order valence-corrected chi connectivity index (χ0v) is 20.9. The number of carbonyl (C=O) groups excluding carboxylic acids is 2. The quantitative estimate of drug-likeness (QED) is 0.267. The minimum absolute atomic E-state index is 0.0763. The summed E-state index contributed by atoms with van der Waals surface area (Å²) in [6, 6.07) is 17.4. The van der Waals surface area contributed by atoms with E-state index in [-0.39, 0.29) is 18.8 Å². The van der Waals surface area contributed by atoms with Crippen LogP contribution in [0, 0.1) is 12.7 Å². The first-order valence-electron chi connectivity index (χ1n) is 12.0. The number of ether oxygens (including phenoxy) is 2. The lowest BCUT2D eigenvalue weighted by molar-refractivity contribution is -0.148. The summed E-state index contributed by atoms with van der Waals surface area (Å²) >= 11 is 0. The molecule has 1 unspecified atom stereocenters. The fourth-order valence-corrected chi connectivity index (χ4v) is 3.95. The molecule has 8 heteroatoms. The third-order valence-corrected chi connectivity index (χ3v) is 5.89. The Bertz CT molecular complexity index is 1380. The molecule has 0 radical (unpaired) electrons. The van der Waals surface area contributed by atoms with Crippen molar-refractivity contribution in [2.75, 3.05) is 6.61 Å². The van der Waals surface area contributed by atoms with Crippen molar-refractivity contribution in [2.45, 2.75) is 39.7 Å². The number of hydrogen-bond donors (Lipinski definition) is 0. The zero-order chi connectivity index (χ0) is 26.4. The van der Waals surface area contributed by atoms with E-state index in [0.717, 1.165) is 16.8 Å². The summed E-state index contributed by atoms with van der Waals surface area (Å²) in [4.78, 5) is 28.9. The van der Waals surface area contributed by atoms with Crippen LogP contribution in [0.4, 0.5) is 4.39 Å². The molecule has 2 heterocycles. The Balaban J connectivity index is 1.45. The van der Waals surface area contributed by atoms with E-state index < -0.39 is 17.9 Å². The summed E-state index contributed by atoms with van der Waals surface area (Å²) in [5, 5.41) is 4.02. The lowest BCUT2D eigenvalue weighted by atomic mass is 10.0. The number of nitrogens with zero attached hydrogens (tertiary/aromatic N) is 2. The second-order valence-corrected chi connectivity index (χ2v) is 8.52. The Morgan fingerprint density at radius 2 is 1.70 bits per heavy atom. The average Bonchev–Trinajstić information content (AvgIpc) is 3.24. The van der Waals surface area contributed by atoms with Gasteiger partial charge in [0, 0.05) is 28.5 Å². The Kier molecular flexibility index (Phi) is 8.08. The first kappa shape index (κ1) is 25.8. The maximum Gasteiger partial charge on any atom is 0.311 e. The van der Waals surface area contributed by atoms with Crippen molar-refractivity contribution < 1.29 is 28.0 Å². The molecule has 37 heavy (non-hydrogen) atoms. The lowest BCUT2D eigenvalue weighted by Gasteiger charge is -2.14. The maximum atomic E-state index is 14.0. The Morgan fingerprint density at radius 3 is 2.38 bits per heavy atom. The Morgan fingerprint density at radius 1 is 0.973 bits per heavy atom. The number of esters is 2. The molecule has 0 N–H and O–H groups in total. The second-order valence-electron chi connectivity index (χ2n) is 8.52. The van der Waals surface area contributed by atoms with E-state index >= 15 is 0 Å². The number of hydrogen-bond acceptors (Lipinski definition) is 7. The predicted molar refractivity (Wildman–Crippen MR) is 135 cm³/mol. The molecule has 0 saturated heterocycles. The molecule has 0 saturated carbocycles. The number of pyridine rings is 1. The van der Waals surface area contributed by atoms with Gasteiger partial charge >= 0.3 is 11.9 Å². The molecular formula is C29H27FN2O5. The Hall–Kier alpha value is -4.33. The van der Waals surface area contributed by atoms with Crippen LogP contribution < -0.4 is 0 Å². The highest BCUT2D eigenvalue weighted by atomic mass is 19.1. The summed E-state index contributed by atoms with van der Waals surface area (Å²) in [7, 11) is 0. The zero-order valence-electron chi connectivity index (χ0n) is 20.9. The van der Waals surface area contributed by atoms with E-state index in [1.807, 2.05) is 36.4 Å². The summed E-state index contributed by atoms with van der Waals surface area (Å²) in [5.41, 5.74) is 4.61. The molecule has 0 aliphatic rings. The average molecular weight is 503 g/mol. The molecule has 1 atom stereocenters. The van der Waals surface area contributed by atoms with Crippen LogP contribution in [0.25, 0.3) is 22.6 Å². The van der Waals surface area contributed by atoms with E-state index in [2.05, 4.69) is 10.1 Å². The van der Waals surface area contributed by atoms with E-state index in [1.165, 1.54) is 6.07 Å². The van der Waals surface area contributed by atoms with E-state index in [9.17, 15) is 14.0 Å². The van der Waals surface area contributed by atoms with Crippen molar-refractivity contribution in [3.63, 3.8) is 0 Å². The number of rotatable bonds is 9. The number of aromatic nitrogens is 2. The van der Waals surface area contributed by atoms with Crippen molar-refractivity contribution >= 4 is 11.9 Å². The van der Waals surface area contributed by atoms with Crippen molar-refractivity contribution in [3.8, 4) is 22.6 Å². The molecule has 0 bridgehead atoms. The number of halogens is 1. The number of carbonyl (C=O) groups is 2. The largest absolute Gasteiger partial charge is 0.466 e. The molecule has 0 fully saturated rings. The van der Waals surface area contributed by atoms with Crippen LogP contribution in [0.15, 0.2) is 71.4 Å². The highest BCUT2D eigenvalue weighted by molar-refractivity contribution is 5.77. The first-order valence-corrected chi connectivity index (χ1v) is 12.0. The fraction of sp³-hybridized carbons (Fsp3) is 0.241. The van der Waals surface area contributed by atoms with E-state index in [0.29, 0.717) is 34.8 Å². The van der Waals surface area contributed by atoms with Crippen molar-refractivity contribution in [1.29, 1.82) is 0 Å². The van der Waals surface area contributed by atoms with Crippen LogP contribution in [-0.2, 0) is 31.9 Å². The van der Waals surface area contributed by atoms with Crippen LogP contribution in [0.3, 0.4) is 0 Å². The summed E-state index contributed by atoms with van der Waals surface area (Å²) in [5.74, 6) is -0.779. The van der Waals surface area contributed by atoms with Crippen LogP contribution >= 0.6 is 0 Å². The smallest absolute Gasteiger partial charge is 0.311 e. The molecular weight excluding hydrogens is 475 g/mol. The normalized spacial score (nSPS) is 11.7. The third kappa shape index (κ3) is 6.27. The molecule has 2 aromatic heterocycles. The van der Waals surface area contributed by atoms with Gasteiger partial charge in [0.25, 0.3) is 0 Å². The van der Waals surface area contributed by atoms with Crippen molar-refractivity contribution in [1.82, 2.24) is 10.1 Å². The Labute approximate surface area is 214 Å². The van der Waals surface area contributed by atoms with Gasteiger partial charge in [-0.15, -0.1) is 0 Å². The molecule has 190 valence electrons. The predicted octanol–water partition coefficient (Wildman–Crippen LogP) is 5.80. The van der Waals surface area contributed by atoms with Crippen LogP contribution in [-0.4, -0.2) is 28.7 Å². The first-order chi connectivity index (χ1) is 17.9. The highest BCUT2D eigenvalue weighted by Gasteiger charge is 2.22. The third-order valence-electron chi connectivity index (χ3n) is 5.89. The molecule has 4 rings (SSSR count). The van der Waals surface area contributed by atoms with Gasteiger partial charge in [-0.25, -0.2) is 4.39 Å². The molecule has 4 aromatic rings. The van der Waals surface area contributed by atoms with Gasteiger partial charge in [-0.05, 0) is 44.5 Å². The second kappa shape index (κ2) is 11.6. The SMILES string of the molecule is CCOC(=O)Cc1ccc(-c2ccc(-c3onc(C)c3CC(=O)OC(C)c3ccccc3F)cn2)cc1. The van der Waals surface area contributed by atoms with Gasteiger partial charge in [0.05, 0.1) is 30.8 Å². The molecule has 7 nitrogen and oxygen atoms in total. The summed E-state index contributed by atoms with van der Waals surface area (Å²) in [6.07, 6.45) is 1.06. The van der Waals surface area contributed by atoms with E-state index in [1.54, 1.807) is 45.2 Å². The minimum atomic E-state index is -0.734. The topological polar surface area (TPSA) is 91.5 Å². The molecule has 0 aliphatic carbocycles. The number of aryl methyl sites for hydroxylation is 1. The van der Waals surface area contributed by atoms with Gasteiger partial charge < -0.3 is 14.0 Å². The van der Waals surface area contributed by atoms with Crippen LogP contribution in [0.2, 0.25) is 0 Å². The molecule has 0 aliphatic heterocycles. The van der Waals surface area contributed by atoms with Crippen LogP contribution in [0.5, 0.6) is 0 Å². The van der Waals surface area contributed by atoms with Crippen molar-refractivity contribution in [3.05, 3.63) is 95.1 Å². The van der Waals surface area contributed by atoms with Gasteiger partial charge in [0.2, 0.25) is 0 Å². The van der Waals surface area contributed by atoms with E-state index in [4.69, 9.17) is 14.0 Å². The monoisotopic (exact) mass is 502 g/mol. The van der Waals surface area contributed by atoms with Gasteiger partial charge in [-0.3, -0.25) is 14.6 Å².